The van der Waals surface area contributed by atoms with Gasteiger partial charge in [0.2, 0.25) is 5.91 Å². The van der Waals surface area contributed by atoms with Crippen LogP contribution in [0, 0.1) is 17.8 Å². The Bertz CT molecular complexity index is 484. The van der Waals surface area contributed by atoms with Gasteiger partial charge in [-0.3, -0.25) is 9.79 Å². The molecule has 28 heavy (non-hydrogen) atoms. The predicted octanol–water partition coefficient (Wildman–Crippen LogP) is 1.57. The summed E-state index contributed by atoms with van der Waals surface area (Å²) in [6, 6.07) is 0. The molecule has 7 heteroatoms. The molecule has 1 unspecified atom stereocenters. The molecule has 162 valence electrons. The fraction of sp³-hybridized carbons (Fsp3) is 0.905. The van der Waals surface area contributed by atoms with Crippen molar-refractivity contribution in [1.29, 1.82) is 0 Å². The van der Waals surface area contributed by atoms with E-state index in [2.05, 4.69) is 31.0 Å². The molecular formula is C21H40N4O3. The Hall–Kier alpha value is -1.34. The Morgan fingerprint density at radius 1 is 1.18 bits per heavy atom. The van der Waals surface area contributed by atoms with Crippen molar-refractivity contribution >= 4 is 11.9 Å². The van der Waals surface area contributed by atoms with Crippen LogP contribution in [0.5, 0.6) is 0 Å². The highest BCUT2D eigenvalue weighted by atomic mass is 16.5. The standard InChI is InChI=1S/C21H40N4O3/c1-4-22-21(23-16-18(7-12-26)15-17(2)3)25-8-5-19(6-9-25)20(27)24-10-13-28-14-11-24/h17-19,26H,4-16H2,1-3H3,(H,22,23). The molecule has 0 spiro atoms. The molecule has 2 aliphatic rings. The Morgan fingerprint density at radius 3 is 2.43 bits per heavy atom. The van der Waals surface area contributed by atoms with Crippen LogP contribution < -0.4 is 5.32 Å². The van der Waals surface area contributed by atoms with Crippen LogP contribution in [0.1, 0.15) is 46.5 Å². The Morgan fingerprint density at radius 2 is 1.86 bits per heavy atom. The van der Waals surface area contributed by atoms with Gasteiger partial charge >= 0.3 is 0 Å². The summed E-state index contributed by atoms with van der Waals surface area (Å²) in [4.78, 5) is 21.9. The summed E-state index contributed by atoms with van der Waals surface area (Å²) < 4.78 is 5.36. The number of morpholine rings is 1. The number of amides is 1. The Labute approximate surface area is 170 Å². The molecule has 7 nitrogen and oxygen atoms in total. The quantitative estimate of drug-likeness (QED) is 0.481. The van der Waals surface area contributed by atoms with E-state index in [9.17, 15) is 9.90 Å². The molecule has 0 aliphatic carbocycles. The monoisotopic (exact) mass is 396 g/mol. The Balaban J connectivity index is 1.89. The van der Waals surface area contributed by atoms with Gasteiger partial charge in [0.15, 0.2) is 5.96 Å². The molecule has 1 amide bonds. The molecule has 0 aromatic heterocycles. The second-order valence-electron chi connectivity index (χ2n) is 8.40. The van der Waals surface area contributed by atoms with Gasteiger partial charge in [0.05, 0.1) is 13.2 Å². The third kappa shape index (κ3) is 7.24. The lowest BCUT2D eigenvalue weighted by Gasteiger charge is -2.37. The van der Waals surface area contributed by atoms with Crippen molar-refractivity contribution < 1.29 is 14.6 Å². The number of nitrogens with one attached hydrogen (secondary N) is 1. The molecule has 0 bridgehead atoms. The van der Waals surface area contributed by atoms with Crippen molar-refractivity contribution in [3.8, 4) is 0 Å². The molecule has 0 radical (unpaired) electrons. The van der Waals surface area contributed by atoms with E-state index in [0.29, 0.717) is 31.0 Å². The lowest BCUT2D eigenvalue weighted by Crippen LogP contribution is -2.50. The van der Waals surface area contributed by atoms with Crippen molar-refractivity contribution in [2.45, 2.75) is 46.5 Å². The SMILES string of the molecule is CCNC(=NCC(CCO)CC(C)C)N1CCC(C(=O)N2CCOCC2)CC1. The van der Waals surface area contributed by atoms with E-state index in [1.54, 1.807) is 0 Å². The van der Waals surface area contributed by atoms with E-state index in [4.69, 9.17) is 9.73 Å². The first-order valence-electron chi connectivity index (χ1n) is 11.1. The van der Waals surface area contributed by atoms with E-state index in [-0.39, 0.29) is 12.5 Å². The van der Waals surface area contributed by atoms with Gasteiger partial charge in [-0.2, -0.15) is 0 Å². The van der Waals surface area contributed by atoms with Gasteiger partial charge in [0, 0.05) is 51.8 Å². The summed E-state index contributed by atoms with van der Waals surface area (Å²) in [5.41, 5.74) is 0. The van der Waals surface area contributed by atoms with Crippen LogP contribution in [0.2, 0.25) is 0 Å². The van der Waals surface area contributed by atoms with Gasteiger partial charge < -0.3 is 25.0 Å². The van der Waals surface area contributed by atoms with E-state index in [0.717, 1.165) is 70.9 Å². The summed E-state index contributed by atoms with van der Waals surface area (Å²) >= 11 is 0. The van der Waals surface area contributed by atoms with Gasteiger partial charge in [-0.05, 0) is 44.4 Å². The summed E-state index contributed by atoms with van der Waals surface area (Å²) in [7, 11) is 0. The zero-order valence-corrected chi connectivity index (χ0v) is 18.0. The number of hydrogen-bond acceptors (Lipinski definition) is 4. The van der Waals surface area contributed by atoms with Crippen molar-refractivity contribution in [3.63, 3.8) is 0 Å². The van der Waals surface area contributed by atoms with E-state index in [1.165, 1.54) is 0 Å². The van der Waals surface area contributed by atoms with Crippen LogP contribution in [-0.2, 0) is 9.53 Å². The average Bonchev–Trinajstić information content (AvgIpc) is 2.71. The molecule has 0 aromatic rings. The second kappa shape index (κ2) is 12.3. The molecule has 2 heterocycles. The first-order chi connectivity index (χ1) is 13.5. The molecule has 2 rings (SSSR count). The van der Waals surface area contributed by atoms with E-state index in [1.807, 2.05) is 4.90 Å². The van der Waals surface area contributed by atoms with Crippen LogP contribution in [-0.4, -0.2) is 85.9 Å². The van der Waals surface area contributed by atoms with Crippen LogP contribution in [0.15, 0.2) is 4.99 Å². The third-order valence-electron chi connectivity index (χ3n) is 5.64. The van der Waals surface area contributed by atoms with Crippen molar-refractivity contribution in [2.24, 2.45) is 22.7 Å². The Kier molecular flexibility index (Phi) is 10.1. The zero-order chi connectivity index (χ0) is 20.4. The van der Waals surface area contributed by atoms with Crippen molar-refractivity contribution in [3.05, 3.63) is 0 Å². The highest BCUT2D eigenvalue weighted by Crippen LogP contribution is 2.21. The third-order valence-corrected chi connectivity index (χ3v) is 5.64. The van der Waals surface area contributed by atoms with Gasteiger partial charge in [-0.1, -0.05) is 13.8 Å². The van der Waals surface area contributed by atoms with Crippen LogP contribution in [0.3, 0.4) is 0 Å². The summed E-state index contributed by atoms with van der Waals surface area (Å²) in [6.07, 6.45) is 3.65. The maximum atomic E-state index is 12.7. The molecule has 2 aliphatic heterocycles. The molecule has 2 N–H and O–H groups in total. The van der Waals surface area contributed by atoms with Gasteiger partial charge in [-0.15, -0.1) is 0 Å². The van der Waals surface area contributed by atoms with Crippen LogP contribution >= 0.6 is 0 Å². The highest BCUT2D eigenvalue weighted by molar-refractivity contribution is 5.81. The second-order valence-corrected chi connectivity index (χ2v) is 8.40. The minimum Gasteiger partial charge on any atom is -0.396 e. The summed E-state index contributed by atoms with van der Waals surface area (Å²) in [6.45, 7) is 12.8. The smallest absolute Gasteiger partial charge is 0.225 e. The first-order valence-corrected chi connectivity index (χ1v) is 11.1. The van der Waals surface area contributed by atoms with Crippen LogP contribution in [0.4, 0.5) is 0 Å². The normalized spacial score (nSPS) is 20.5. The maximum Gasteiger partial charge on any atom is 0.225 e. The molecule has 2 saturated heterocycles. The molecule has 1 atom stereocenters. The molecule has 0 aromatic carbocycles. The first kappa shape index (κ1) is 22.9. The lowest BCUT2D eigenvalue weighted by molar-refractivity contribution is -0.140. The minimum atomic E-state index is 0.125. The van der Waals surface area contributed by atoms with Gasteiger partial charge in [0.1, 0.15) is 0 Å². The minimum absolute atomic E-state index is 0.125. The van der Waals surface area contributed by atoms with Gasteiger partial charge in [-0.25, -0.2) is 0 Å². The number of carbonyl (C=O) groups is 1. The largest absolute Gasteiger partial charge is 0.396 e. The number of nitrogens with zero attached hydrogens (tertiary/aromatic N) is 3. The number of aliphatic hydroxyl groups excluding tert-OH is 1. The van der Waals surface area contributed by atoms with E-state index < -0.39 is 0 Å². The number of aliphatic hydroxyl groups is 1. The lowest BCUT2D eigenvalue weighted by atomic mass is 9.94. The molecule has 2 fully saturated rings. The number of carbonyl (C=O) groups excluding carboxylic acids is 1. The highest BCUT2D eigenvalue weighted by Gasteiger charge is 2.30. The number of guanidine groups is 1. The van der Waals surface area contributed by atoms with Gasteiger partial charge in [0.25, 0.3) is 0 Å². The number of aliphatic imine (C=N–C) groups is 1. The van der Waals surface area contributed by atoms with Crippen molar-refractivity contribution in [2.75, 3.05) is 59.1 Å². The molecule has 0 saturated carbocycles. The predicted molar refractivity (Wildman–Crippen MR) is 112 cm³/mol. The summed E-state index contributed by atoms with van der Waals surface area (Å²) in [5.74, 6) is 2.40. The average molecular weight is 397 g/mol. The fourth-order valence-corrected chi connectivity index (χ4v) is 4.15. The summed E-state index contributed by atoms with van der Waals surface area (Å²) in [5, 5.41) is 12.7. The maximum absolute atomic E-state index is 12.7. The number of likely N-dealkylation sites (tertiary alicyclic amines) is 1. The number of hydrogen-bond donors (Lipinski definition) is 2. The van der Waals surface area contributed by atoms with Crippen molar-refractivity contribution in [1.82, 2.24) is 15.1 Å². The zero-order valence-electron chi connectivity index (χ0n) is 18.0. The number of rotatable bonds is 8. The molecular weight excluding hydrogens is 356 g/mol. The number of ether oxygens (including phenoxy) is 1. The van der Waals surface area contributed by atoms with Crippen LogP contribution in [0.25, 0.3) is 0 Å². The fourth-order valence-electron chi connectivity index (χ4n) is 4.15. The van der Waals surface area contributed by atoms with E-state index >= 15 is 0 Å². The topological polar surface area (TPSA) is 77.4 Å². The number of piperidine rings is 1.